The van der Waals surface area contributed by atoms with E-state index in [1.165, 1.54) is 31.5 Å². The van der Waals surface area contributed by atoms with Crippen molar-refractivity contribution in [1.29, 1.82) is 0 Å². The van der Waals surface area contributed by atoms with E-state index in [1.54, 1.807) is 0 Å². The van der Waals surface area contributed by atoms with Gasteiger partial charge in [0.25, 0.3) is 5.91 Å². The molecule has 3 N–H and O–H groups in total. The second-order valence-corrected chi connectivity index (χ2v) is 5.54. The first-order chi connectivity index (χ1) is 11.9. The van der Waals surface area contributed by atoms with Crippen molar-refractivity contribution >= 4 is 11.7 Å². The van der Waals surface area contributed by atoms with Crippen molar-refractivity contribution in [3.8, 4) is 0 Å². The number of aliphatic hydroxyl groups is 2. The average Bonchev–Trinajstić information content (AvgIpc) is 2.86. The van der Waals surface area contributed by atoms with Gasteiger partial charge in [-0.25, -0.2) is 9.18 Å². The van der Waals surface area contributed by atoms with Gasteiger partial charge >= 0.3 is 5.69 Å². The number of aromatic nitrogens is 3. The van der Waals surface area contributed by atoms with Crippen LogP contribution in [0.15, 0.2) is 35.5 Å². The van der Waals surface area contributed by atoms with Crippen LogP contribution in [0.1, 0.15) is 23.5 Å². The maximum atomic E-state index is 14.2. The Bertz CT molecular complexity index is 844. The topological polar surface area (TPSA) is 127 Å². The van der Waals surface area contributed by atoms with E-state index in [9.17, 15) is 24.2 Å². The molecular formula is C15H15FN4O5. The summed E-state index contributed by atoms with van der Waals surface area (Å²) in [5.74, 6) is -2.24. The van der Waals surface area contributed by atoms with E-state index in [4.69, 9.17) is 4.74 Å². The van der Waals surface area contributed by atoms with Crippen LogP contribution in [0, 0.1) is 5.82 Å². The highest BCUT2D eigenvalue weighted by Gasteiger charge is 2.42. The summed E-state index contributed by atoms with van der Waals surface area (Å²) in [5, 5.41) is 21.8. The van der Waals surface area contributed by atoms with Gasteiger partial charge in [0.15, 0.2) is 17.9 Å². The molecule has 0 aliphatic carbocycles. The van der Waals surface area contributed by atoms with Crippen molar-refractivity contribution in [2.45, 2.75) is 31.5 Å². The molecule has 1 aliphatic heterocycles. The Hall–Kier alpha value is -2.69. The fourth-order valence-electron chi connectivity index (χ4n) is 2.45. The first kappa shape index (κ1) is 17.1. The van der Waals surface area contributed by atoms with E-state index in [0.29, 0.717) is 0 Å². The maximum Gasteiger partial charge on any atom is 0.351 e. The van der Waals surface area contributed by atoms with Crippen LogP contribution < -0.4 is 11.0 Å². The SMILES string of the molecule is C[C@H]1O[C@@H](n2cc(F)c(NC(=O)c3cccnc3)nc2=O)[C@H](O)[C@@H]1O. The first-order valence-electron chi connectivity index (χ1n) is 7.40. The van der Waals surface area contributed by atoms with Crippen molar-refractivity contribution in [3.63, 3.8) is 0 Å². The number of pyridine rings is 1. The Labute approximate surface area is 140 Å². The molecule has 4 atom stereocenters. The smallest absolute Gasteiger partial charge is 0.351 e. The minimum atomic E-state index is -1.41. The van der Waals surface area contributed by atoms with E-state index in [-0.39, 0.29) is 5.56 Å². The van der Waals surface area contributed by atoms with Crippen molar-refractivity contribution in [1.82, 2.24) is 14.5 Å². The Kier molecular flexibility index (Phi) is 4.57. The predicted octanol–water partition coefficient (Wildman–Crippen LogP) is -0.331. The Balaban J connectivity index is 1.86. The zero-order chi connectivity index (χ0) is 18.1. The van der Waals surface area contributed by atoms with Crippen LogP contribution in [-0.4, -0.2) is 49.0 Å². The van der Waals surface area contributed by atoms with Crippen LogP contribution in [0.5, 0.6) is 0 Å². The second kappa shape index (κ2) is 6.67. The summed E-state index contributed by atoms with van der Waals surface area (Å²) >= 11 is 0. The molecule has 1 amide bonds. The molecule has 1 aliphatic rings. The number of nitrogens with zero attached hydrogens (tertiary/aromatic N) is 3. The van der Waals surface area contributed by atoms with Crippen LogP contribution in [0.4, 0.5) is 10.2 Å². The zero-order valence-electron chi connectivity index (χ0n) is 13.0. The number of hydrogen-bond acceptors (Lipinski definition) is 7. The van der Waals surface area contributed by atoms with Gasteiger partial charge < -0.3 is 20.3 Å². The van der Waals surface area contributed by atoms with Gasteiger partial charge in [-0.15, -0.1) is 0 Å². The van der Waals surface area contributed by atoms with Gasteiger partial charge in [0, 0.05) is 12.4 Å². The molecule has 0 radical (unpaired) electrons. The van der Waals surface area contributed by atoms with Gasteiger partial charge in [-0.3, -0.25) is 14.3 Å². The minimum Gasteiger partial charge on any atom is -0.388 e. The van der Waals surface area contributed by atoms with Crippen LogP contribution in [-0.2, 0) is 4.74 Å². The highest BCUT2D eigenvalue weighted by molar-refractivity contribution is 6.03. The van der Waals surface area contributed by atoms with Crippen LogP contribution in [0.3, 0.4) is 0 Å². The number of ether oxygens (including phenoxy) is 1. The third-order valence-corrected chi connectivity index (χ3v) is 3.81. The molecule has 0 bridgehead atoms. The molecule has 25 heavy (non-hydrogen) atoms. The highest BCUT2D eigenvalue weighted by atomic mass is 19.1. The summed E-state index contributed by atoms with van der Waals surface area (Å²) < 4.78 is 20.2. The molecule has 3 rings (SSSR count). The van der Waals surface area contributed by atoms with Crippen LogP contribution in [0.2, 0.25) is 0 Å². The number of carbonyl (C=O) groups is 1. The molecule has 2 aromatic rings. The lowest BCUT2D eigenvalue weighted by Gasteiger charge is -2.17. The van der Waals surface area contributed by atoms with Crippen molar-refractivity contribution in [2.24, 2.45) is 0 Å². The van der Waals surface area contributed by atoms with Crippen molar-refractivity contribution in [3.05, 3.63) is 52.6 Å². The number of anilines is 1. The number of amides is 1. The molecule has 1 fully saturated rings. The third-order valence-electron chi connectivity index (χ3n) is 3.81. The van der Waals surface area contributed by atoms with Crippen molar-refractivity contribution in [2.75, 3.05) is 5.32 Å². The number of carbonyl (C=O) groups excluding carboxylic acids is 1. The third kappa shape index (κ3) is 3.27. The lowest BCUT2D eigenvalue weighted by molar-refractivity contribution is -0.0355. The highest BCUT2D eigenvalue weighted by Crippen LogP contribution is 2.28. The number of hydrogen-bond donors (Lipinski definition) is 3. The summed E-state index contributed by atoms with van der Waals surface area (Å²) in [6.45, 7) is 1.51. The second-order valence-electron chi connectivity index (χ2n) is 5.54. The lowest BCUT2D eigenvalue weighted by atomic mass is 10.1. The number of aliphatic hydroxyl groups excluding tert-OH is 2. The lowest BCUT2D eigenvalue weighted by Crippen LogP contribution is -2.36. The van der Waals surface area contributed by atoms with Gasteiger partial charge in [-0.1, -0.05) is 0 Å². The molecule has 10 heteroatoms. The van der Waals surface area contributed by atoms with Gasteiger partial charge in [-0.05, 0) is 19.1 Å². The molecule has 0 aromatic carbocycles. The fourth-order valence-corrected chi connectivity index (χ4v) is 2.45. The quantitative estimate of drug-likeness (QED) is 0.692. The monoisotopic (exact) mass is 350 g/mol. The molecular weight excluding hydrogens is 335 g/mol. The Morgan fingerprint density at radius 3 is 2.76 bits per heavy atom. The van der Waals surface area contributed by atoms with E-state index < -0.39 is 47.8 Å². The maximum absolute atomic E-state index is 14.2. The summed E-state index contributed by atoms with van der Waals surface area (Å²) in [4.78, 5) is 31.3. The standard InChI is InChI=1S/C15H15FN4O5/c1-7-10(21)11(22)14(25-7)20-6-9(16)12(19-15(20)24)18-13(23)8-3-2-4-17-5-8/h2-7,10-11,14,21-22H,1H3,(H,18,19,23,24)/t7-,10-,11-,14-/m1/s1. The normalized spacial score (nSPS) is 25.8. The molecule has 0 spiro atoms. The molecule has 1 saturated heterocycles. The van der Waals surface area contributed by atoms with Gasteiger partial charge in [0.2, 0.25) is 0 Å². The predicted molar refractivity (Wildman–Crippen MR) is 82.2 cm³/mol. The van der Waals surface area contributed by atoms with E-state index in [0.717, 1.165) is 10.8 Å². The number of nitrogens with one attached hydrogen (secondary N) is 1. The van der Waals surface area contributed by atoms with E-state index in [2.05, 4.69) is 15.3 Å². The molecule has 0 unspecified atom stereocenters. The molecule has 132 valence electrons. The van der Waals surface area contributed by atoms with Crippen LogP contribution in [0.25, 0.3) is 0 Å². The fraction of sp³-hybridized carbons (Fsp3) is 0.333. The molecule has 2 aromatic heterocycles. The largest absolute Gasteiger partial charge is 0.388 e. The van der Waals surface area contributed by atoms with Gasteiger partial charge in [-0.2, -0.15) is 4.98 Å². The van der Waals surface area contributed by atoms with E-state index in [1.807, 2.05) is 0 Å². The molecule has 9 nitrogen and oxygen atoms in total. The summed E-state index contributed by atoms with van der Waals surface area (Å²) in [5.41, 5.74) is -0.785. The number of rotatable bonds is 3. The van der Waals surface area contributed by atoms with Crippen LogP contribution >= 0.6 is 0 Å². The summed E-state index contributed by atoms with van der Waals surface area (Å²) in [7, 11) is 0. The molecule has 3 heterocycles. The number of halogens is 1. The Morgan fingerprint density at radius 1 is 1.40 bits per heavy atom. The molecule has 0 saturated carbocycles. The Morgan fingerprint density at radius 2 is 2.16 bits per heavy atom. The van der Waals surface area contributed by atoms with Gasteiger partial charge in [0.05, 0.1) is 17.9 Å². The van der Waals surface area contributed by atoms with Crippen molar-refractivity contribution < 1.29 is 24.1 Å². The average molecular weight is 350 g/mol. The van der Waals surface area contributed by atoms with E-state index >= 15 is 0 Å². The zero-order valence-corrected chi connectivity index (χ0v) is 13.0. The van der Waals surface area contributed by atoms with Gasteiger partial charge in [0.1, 0.15) is 12.2 Å². The minimum absolute atomic E-state index is 0.166. The first-order valence-corrected chi connectivity index (χ1v) is 7.40. The summed E-state index contributed by atoms with van der Waals surface area (Å²) in [6.07, 6.45) is -1.14. The summed E-state index contributed by atoms with van der Waals surface area (Å²) in [6, 6.07) is 2.99.